The predicted molar refractivity (Wildman–Crippen MR) is 98.9 cm³/mol. The van der Waals surface area contributed by atoms with Crippen LogP contribution in [0.25, 0.3) is 0 Å². The topological polar surface area (TPSA) is 17.1 Å². The molecule has 3 heteroatoms. The Morgan fingerprint density at radius 2 is 1.88 bits per heavy atom. The summed E-state index contributed by atoms with van der Waals surface area (Å²) >= 11 is 3.38. The minimum atomic E-state index is -0.895. The fourth-order valence-electron chi connectivity index (χ4n) is 7.62. The number of halogens is 2. The number of alkyl halides is 2. The molecule has 0 bridgehead atoms. The van der Waals surface area contributed by atoms with Crippen molar-refractivity contribution in [1.82, 2.24) is 0 Å². The fourth-order valence-corrected chi connectivity index (χ4v) is 8.01. The number of carbonyl (C=O) groups excluding carboxylic acids is 1. The van der Waals surface area contributed by atoms with Crippen molar-refractivity contribution in [2.24, 2.45) is 40.9 Å². The van der Waals surface area contributed by atoms with E-state index >= 15 is 4.39 Å². The first-order valence-corrected chi connectivity index (χ1v) is 11.3. The lowest BCUT2D eigenvalue weighted by atomic mass is 9.48. The number of rotatable bonds is 2. The van der Waals surface area contributed by atoms with Gasteiger partial charge in [0.2, 0.25) is 0 Å². The zero-order valence-electron chi connectivity index (χ0n) is 15.2. The highest BCUT2D eigenvalue weighted by molar-refractivity contribution is 9.09. The van der Waals surface area contributed by atoms with E-state index in [1.54, 1.807) is 0 Å². The highest BCUT2D eigenvalue weighted by Gasteiger charge is 2.62. The van der Waals surface area contributed by atoms with E-state index in [1.165, 1.54) is 6.42 Å². The van der Waals surface area contributed by atoms with Crippen molar-refractivity contribution in [2.45, 2.75) is 77.3 Å². The van der Waals surface area contributed by atoms with E-state index in [4.69, 9.17) is 0 Å². The van der Waals surface area contributed by atoms with E-state index in [0.717, 1.165) is 51.4 Å². The third kappa shape index (κ3) is 2.39. The second-order valence-electron chi connectivity index (χ2n) is 9.73. The van der Waals surface area contributed by atoms with Gasteiger partial charge in [0.05, 0.1) is 5.33 Å². The second kappa shape index (κ2) is 6.06. The van der Waals surface area contributed by atoms with Crippen molar-refractivity contribution in [1.29, 1.82) is 0 Å². The van der Waals surface area contributed by atoms with Gasteiger partial charge in [-0.3, -0.25) is 4.79 Å². The number of Topliss-reactive ketones (excluding diaryl/α,β-unsaturated/α-hetero) is 1. The maximum atomic E-state index is 16.2. The molecule has 0 aromatic heterocycles. The lowest BCUT2D eigenvalue weighted by Crippen LogP contribution is -2.56. The number of hydrogen-bond acceptors (Lipinski definition) is 1. The van der Waals surface area contributed by atoms with Gasteiger partial charge >= 0.3 is 0 Å². The molecule has 0 heterocycles. The molecule has 1 nitrogen and oxygen atoms in total. The van der Waals surface area contributed by atoms with Crippen LogP contribution < -0.4 is 0 Å². The standard InChI is InChI=1S/C21H32BrFO/c1-13-7-10-21(23)14(11-13)3-4-15-16-5-6-18(19(24)12-22)20(16,2)9-8-17(15)21/h13-18H,3-12H2,1-2H3/t13-,14+,15-,16-,17-,18+,20-,21+/m0/s1. The Morgan fingerprint density at radius 1 is 1.08 bits per heavy atom. The molecule has 0 unspecified atom stereocenters. The summed E-state index contributed by atoms with van der Waals surface area (Å²) in [5, 5.41) is 0.487. The van der Waals surface area contributed by atoms with Crippen LogP contribution in [0.15, 0.2) is 0 Å². The summed E-state index contributed by atoms with van der Waals surface area (Å²) in [6, 6.07) is 0. The lowest BCUT2D eigenvalue weighted by molar-refractivity contribution is -0.144. The van der Waals surface area contributed by atoms with Gasteiger partial charge in [0, 0.05) is 5.92 Å². The van der Waals surface area contributed by atoms with E-state index in [0.29, 0.717) is 34.8 Å². The van der Waals surface area contributed by atoms with E-state index in [-0.39, 0.29) is 17.3 Å². The smallest absolute Gasteiger partial charge is 0.147 e. The summed E-state index contributed by atoms with van der Waals surface area (Å²) in [6.45, 7) is 4.66. The van der Waals surface area contributed by atoms with E-state index in [2.05, 4.69) is 29.8 Å². The van der Waals surface area contributed by atoms with Gasteiger partial charge in [-0.05, 0) is 92.8 Å². The summed E-state index contributed by atoms with van der Waals surface area (Å²) in [6.07, 6.45) is 9.55. The van der Waals surface area contributed by atoms with Crippen LogP contribution >= 0.6 is 15.9 Å². The molecule has 24 heavy (non-hydrogen) atoms. The molecule has 0 saturated heterocycles. The van der Waals surface area contributed by atoms with Gasteiger partial charge in [0.15, 0.2) is 0 Å². The molecular weight excluding hydrogens is 367 g/mol. The highest BCUT2D eigenvalue weighted by atomic mass is 79.9. The number of carbonyl (C=O) groups is 1. The van der Waals surface area contributed by atoms with Crippen molar-refractivity contribution < 1.29 is 9.18 Å². The molecule has 0 spiro atoms. The molecule has 4 aliphatic rings. The second-order valence-corrected chi connectivity index (χ2v) is 10.3. The molecule has 0 aromatic rings. The molecule has 0 amide bonds. The number of ketones is 1. The van der Waals surface area contributed by atoms with Gasteiger partial charge in [0.25, 0.3) is 0 Å². The molecule has 4 rings (SSSR count). The molecule has 136 valence electrons. The monoisotopic (exact) mass is 398 g/mol. The van der Waals surface area contributed by atoms with Crippen LogP contribution in [-0.4, -0.2) is 16.8 Å². The number of fused-ring (bicyclic) bond motifs is 5. The molecule has 0 radical (unpaired) electrons. The highest BCUT2D eigenvalue weighted by Crippen LogP contribution is 2.66. The first-order valence-electron chi connectivity index (χ1n) is 10.2. The van der Waals surface area contributed by atoms with Crippen LogP contribution in [0.5, 0.6) is 0 Å². The summed E-state index contributed by atoms with van der Waals surface area (Å²) in [4.78, 5) is 12.4. The minimum Gasteiger partial charge on any atom is -0.298 e. The van der Waals surface area contributed by atoms with Crippen LogP contribution in [0.2, 0.25) is 0 Å². The quantitative estimate of drug-likeness (QED) is 0.525. The molecule has 0 aromatic carbocycles. The van der Waals surface area contributed by atoms with Crippen molar-refractivity contribution in [3.05, 3.63) is 0 Å². The molecule has 4 aliphatic carbocycles. The third-order valence-corrected chi connectivity index (χ3v) is 9.36. The lowest BCUT2D eigenvalue weighted by Gasteiger charge is -2.58. The zero-order valence-corrected chi connectivity index (χ0v) is 16.8. The fraction of sp³-hybridized carbons (Fsp3) is 0.952. The minimum absolute atomic E-state index is 0.136. The first-order chi connectivity index (χ1) is 11.4. The van der Waals surface area contributed by atoms with Crippen LogP contribution in [0, 0.1) is 40.9 Å². The average molecular weight is 399 g/mol. The molecule has 4 fully saturated rings. The van der Waals surface area contributed by atoms with Gasteiger partial charge < -0.3 is 0 Å². The molecule has 0 aliphatic heterocycles. The molecule has 4 saturated carbocycles. The average Bonchev–Trinajstić information content (AvgIpc) is 2.92. The van der Waals surface area contributed by atoms with E-state index < -0.39 is 5.67 Å². The van der Waals surface area contributed by atoms with Gasteiger partial charge in [-0.1, -0.05) is 29.8 Å². The SMILES string of the molecule is C[C@H]1CC[C@@]2(F)[C@H](CC[C@H]3[C@@H]4CC[C@H](C(=O)CBr)[C@@]4(C)CC[C@@H]32)C1. The largest absolute Gasteiger partial charge is 0.298 e. The maximum Gasteiger partial charge on any atom is 0.147 e. The Labute approximate surface area is 154 Å². The van der Waals surface area contributed by atoms with Crippen LogP contribution in [-0.2, 0) is 4.79 Å². The Hall–Kier alpha value is 0.0800. The van der Waals surface area contributed by atoms with Crippen LogP contribution in [0.1, 0.15) is 71.6 Å². The first kappa shape index (κ1) is 17.5. The summed E-state index contributed by atoms with van der Waals surface area (Å²) in [5.41, 5.74) is -0.758. The van der Waals surface area contributed by atoms with Crippen molar-refractivity contribution in [2.75, 3.05) is 5.33 Å². The van der Waals surface area contributed by atoms with Gasteiger partial charge in [-0.15, -0.1) is 0 Å². The maximum absolute atomic E-state index is 16.2. The van der Waals surface area contributed by atoms with Crippen molar-refractivity contribution in [3.8, 4) is 0 Å². The summed E-state index contributed by atoms with van der Waals surface area (Å²) in [7, 11) is 0. The van der Waals surface area contributed by atoms with Gasteiger partial charge in [-0.25, -0.2) is 4.39 Å². The van der Waals surface area contributed by atoms with Gasteiger partial charge in [-0.2, -0.15) is 0 Å². The third-order valence-electron chi connectivity index (χ3n) is 8.81. The van der Waals surface area contributed by atoms with Gasteiger partial charge in [0.1, 0.15) is 11.5 Å². The Bertz CT molecular complexity index is 522. The summed E-state index contributed by atoms with van der Waals surface area (Å²) < 4.78 is 16.2. The van der Waals surface area contributed by atoms with Crippen molar-refractivity contribution in [3.63, 3.8) is 0 Å². The zero-order chi connectivity index (χ0) is 17.1. The number of hydrogen-bond donors (Lipinski definition) is 0. The normalized spacial score (nSPS) is 53.8. The molecule has 0 N–H and O–H groups in total. The predicted octanol–water partition coefficient (Wildman–Crippen LogP) is 5.95. The Kier molecular flexibility index (Phi) is 4.42. The Balaban J connectivity index is 1.60. The van der Waals surface area contributed by atoms with E-state index in [9.17, 15) is 4.79 Å². The van der Waals surface area contributed by atoms with Crippen LogP contribution in [0.3, 0.4) is 0 Å². The van der Waals surface area contributed by atoms with Crippen LogP contribution in [0.4, 0.5) is 4.39 Å². The Morgan fingerprint density at radius 3 is 2.62 bits per heavy atom. The van der Waals surface area contributed by atoms with E-state index in [1.807, 2.05) is 0 Å². The molecular formula is C21H32BrFO. The summed E-state index contributed by atoms with van der Waals surface area (Å²) in [5.74, 6) is 3.00. The molecule has 8 atom stereocenters. The van der Waals surface area contributed by atoms with Crippen molar-refractivity contribution >= 4 is 21.7 Å².